The summed E-state index contributed by atoms with van der Waals surface area (Å²) in [5, 5.41) is 0. The summed E-state index contributed by atoms with van der Waals surface area (Å²) in [6, 6.07) is 6.74. The van der Waals surface area contributed by atoms with Crippen molar-refractivity contribution in [1.29, 1.82) is 0 Å². The fourth-order valence-corrected chi connectivity index (χ4v) is 2.23. The van der Waals surface area contributed by atoms with Gasteiger partial charge >= 0.3 is 5.97 Å². The minimum absolute atomic E-state index is 0.0389. The standard InChI is InChI=1S/C13H16FNO2/c1-17-13(16)10-6-8-15(9-7-10)12-5-3-2-4-11(12)14/h2-5,10H,6-9H2,1H3. The minimum atomic E-state index is -0.205. The maximum atomic E-state index is 13.6. The van der Waals surface area contributed by atoms with E-state index in [1.54, 1.807) is 12.1 Å². The number of benzene rings is 1. The number of carbonyl (C=O) groups excluding carboxylic acids is 1. The van der Waals surface area contributed by atoms with Crippen molar-refractivity contribution in [3.8, 4) is 0 Å². The predicted octanol–water partition coefficient (Wildman–Crippen LogP) is 2.22. The largest absolute Gasteiger partial charge is 0.469 e. The van der Waals surface area contributed by atoms with E-state index in [9.17, 15) is 9.18 Å². The molecule has 92 valence electrons. The molecule has 2 rings (SSSR count). The third-order valence-corrected chi connectivity index (χ3v) is 3.22. The fourth-order valence-electron chi connectivity index (χ4n) is 2.23. The third kappa shape index (κ3) is 2.57. The van der Waals surface area contributed by atoms with Crippen molar-refractivity contribution >= 4 is 11.7 Å². The Morgan fingerprint density at radius 3 is 2.59 bits per heavy atom. The molecule has 1 aromatic rings. The highest BCUT2D eigenvalue weighted by Crippen LogP contribution is 2.25. The number of hydrogen-bond acceptors (Lipinski definition) is 3. The third-order valence-electron chi connectivity index (χ3n) is 3.22. The van der Waals surface area contributed by atoms with Crippen molar-refractivity contribution in [2.45, 2.75) is 12.8 Å². The normalized spacial score (nSPS) is 16.9. The molecule has 1 fully saturated rings. The van der Waals surface area contributed by atoms with Gasteiger partial charge in [0.1, 0.15) is 5.82 Å². The summed E-state index contributed by atoms with van der Waals surface area (Å²) >= 11 is 0. The Kier molecular flexibility index (Phi) is 3.61. The molecule has 0 atom stereocenters. The summed E-state index contributed by atoms with van der Waals surface area (Å²) in [5.74, 6) is -0.398. The first-order valence-electron chi connectivity index (χ1n) is 5.79. The van der Waals surface area contributed by atoms with E-state index in [1.165, 1.54) is 13.2 Å². The molecule has 1 aliphatic heterocycles. The van der Waals surface area contributed by atoms with Gasteiger partial charge in [-0.3, -0.25) is 4.79 Å². The summed E-state index contributed by atoms with van der Waals surface area (Å²) in [5.41, 5.74) is 0.621. The zero-order valence-corrected chi connectivity index (χ0v) is 9.86. The van der Waals surface area contributed by atoms with Crippen molar-refractivity contribution in [2.75, 3.05) is 25.1 Å². The molecular formula is C13H16FNO2. The average Bonchev–Trinajstić information content (AvgIpc) is 2.39. The molecule has 0 unspecified atom stereocenters. The number of anilines is 1. The molecule has 1 saturated heterocycles. The van der Waals surface area contributed by atoms with Crippen molar-refractivity contribution in [3.05, 3.63) is 30.1 Å². The van der Waals surface area contributed by atoms with Crippen LogP contribution in [0.2, 0.25) is 0 Å². The number of para-hydroxylation sites is 1. The SMILES string of the molecule is COC(=O)C1CCN(c2ccccc2F)CC1. The van der Waals surface area contributed by atoms with Gasteiger partial charge < -0.3 is 9.64 Å². The second-order valence-corrected chi connectivity index (χ2v) is 4.24. The lowest BCUT2D eigenvalue weighted by atomic mass is 9.96. The van der Waals surface area contributed by atoms with Crippen LogP contribution in [-0.2, 0) is 9.53 Å². The first-order chi connectivity index (χ1) is 8.22. The van der Waals surface area contributed by atoms with Gasteiger partial charge in [-0.25, -0.2) is 4.39 Å². The maximum absolute atomic E-state index is 13.6. The minimum Gasteiger partial charge on any atom is -0.469 e. The Hall–Kier alpha value is -1.58. The van der Waals surface area contributed by atoms with Crippen LogP contribution >= 0.6 is 0 Å². The molecule has 0 amide bonds. The molecule has 1 aromatic carbocycles. The van der Waals surface area contributed by atoms with Crippen molar-refractivity contribution < 1.29 is 13.9 Å². The molecule has 1 heterocycles. The highest BCUT2D eigenvalue weighted by Gasteiger charge is 2.26. The predicted molar refractivity (Wildman–Crippen MR) is 63.4 cm³/mol. The van der Waals surface area contributed by atoms with E-state index in [2.05, 4.69) is 0 Å². The summed E-state index contributed by atoms with van der Waals surface area (Å²) < 4.78 is 18.3. The van der Waals surface area contributed by atoms with E-state index in [1.807, 2.05) is 11.0 Å². The number of carbonyl (C=O) groups is 1. The van der Waals surface area contributed by atoms with Gasteiger partial charge in [0.15, 0.2) is 0 Å². The quantitative estimate of drug-likeness (QED) is 0.739. The zero-order valence-electron chi connectivity index (χ0n) is 9.86. The smallest absolute Gasteiger partial charge is 0.308 e. The van der Waals surface area contributed by atoms with Crippen LogP contribution in [0.15, 0.2) is 24.3 Å². The first-order valence-corrected chi connectivity index (χ1v) is 5.79. The first kappa shape index (κ1) is 11.9. The Morgan fingerprint density at radius 1 is 1.35 bits per heavy atom. The number of hydrogen-bond donors (Lipinski definition) is 0. The van der Waals surface area contributed by atoms with Gasteiger partial charge in [0.2, 0.25) is 0 Å². The van der Waals surface area contributed by atoms with Crippen LogP contribution in [-0.4, -0.2) is 26.2 Å². The molecule has 0 spiro atoms. The molecule has 1 aliphatic rings. The van der Waals surface area contributed by atoms with Gasteiger partial charge in [0.05, 0.1) is 18.7 Å². The zero-order chi connectivity index (χ0) is 12.3. The Balaban J connectivity index is 2.00. The molecule has 17 heavy (non-hydrogen) atoms. The monoisotopic (exact) mass is 237 g/mol. The Labute approximate surface area is 100 Å². The van der Waals surface area contributed by atoms with Gasteiger partial charge in [0, 0.05) is 13.1 Å². The van der Waals surface area contributed by atoms with Crippen molar-refractivity contribution in [3.63, 3.8) is 0 Å². The van der Waals surface area contributed by atoms with Crippen LogP contribution < -0.4 is 4.90 Å². The topological polar surface area (TPSA) is 29.5 Å². The van der Waals surface area contributed by atoms with Gasteiger partial charge in [-0.2, -0.15) is 0 Å². The molecular weight excluding hydrogens is 221 g/mol. The Morgan fingerprint density at radius 2 is 2.00 bits per heavy atom. The lowest BCUT2D eigenvalue weighted by molar-refractivity contribution is -0.146. The van der Waals surface area contributed by atoms with E-state index < -0.39 is 0 Å². The highest BCUT2D eigenvalue weighted by atomic mass is 19.1. The average molecular weight is 237 g/mol. The molecule has 0 N–H and O–H groups in total. The number of nitrogens with zero attached hydrogens (tertiary/aromatic N) is 1. The van der Waals surface area contributed by atoms with Crippen LogP contribution in [0.3, 0.4) is 0 Å². The molecule has 3 nitrogen and oxygen atoms in total. The number of piperidine rings is 1. The van der Waals surface area contributed by atoms with Crippen LogP contribution in [0.25, 0.3) is 0 Å². The van der Waals surface area contributed by atoms with E-state index in [-0.39, 0.29) is 17.7 Å². The second kappa shape index (κ2) is 5.17. The highest BCUT2D eigenvalue weighted by molar-refractivity contribution is 5.72. The summed E-state index contributed by atoms with van der Waals surface area (Å²) in [6.07, 6.45) is 1.45. The number of halogens is 1. The lowest BCUT2D eigenvalue weighted by Crippen LogP contribution is -2.37. The van der Waals surface area contributed by atoms with E-state index >= 15 is 0 Å². The van der Waals surface area contributed by atoms with Crippen LogP contribution in [0.5, 0.6) is 0 Å². The lowest BCUT2D eigenvalue weighted by Gasteiger charge is -2.32. The van der Waals surface area contributed by atoms with Crippen LogP contribution in [0.1, 0.15) is 12.8 Å². The Bertz CT molecular complexity index is 400. The molecule has 0 radical (unpaired) electrons. The van der Waals surface area contributed by atoms with Crippen molar-refractivity contribution in [2.24, 2.45) is 5.92 Å². The summed E-state index contributed by atoms with van der Waals surface area (Å²) in [7, 11) is 1.41. The van der Waals surface area contributed by atoms with Gasteiger partial charge in [-0.05, 0) is 25.0 Å². The van der Waals surface area contributed by atoms with Gasteiger partial charge in [-0.1, -0.05) is 12.1 Å². The number of ether oxygens (including phenoxy) is 1. The maximum Gasteiger partial charge on any atom is 0.308 e. The number of methoxy groups -OCH3 is 1. The van der Waals surface area contributed by atoms with Crippen molar-refractivity contribution in [1.82, 2.24) is 0 Å². The van der Waals surface area contributed by atoms with E-state index in [4.69, 9.17) is 4.74 Å². The van der Waals surface area contributed by atoms with Gasteiger partial charge in [-0.15, -0.1) is 0 Å². The summed E-state index contributed by atoms with van der Waals surface area (Å²) in [4.78, 5) is 13.3. The molecule has 4 heteroatoms. The summed E-state index contributed by atoms with van der Waals surface area (Å²) in [6.45, 7) is 1.39. The van der Waals surface area contributed by atoms with Crippen LogP contribution in [0.4, 0.5) is 10.1 Å². The van der Waals surface area contributed by atoms with E-state index in [0.717, 1.165) is 12.8 Å². The van der Waals surface area contributed by atoms with Gasteiger partial charge in [0.25, 0.3) is 0 Å². The van der Waals surface area contributed by atoms with E-state index in [0.29, 0.717) is 18.8 Å². The number of esters is 1. The fraction of sp³-hybridized carbons (Fsp3) is 0.462. The van der Waals surface area contributed by atoms with Crippen LogP contribution in [0, 0.1) is 11.7 Å². The molecule has 0 bridgehead atoms. The molecule has 0 aliphatic carbocycles. The molecule has 0 saturated carbocycles. The molecule has 0 aromatic heterocycles. The number of rotatable bonds is 2. The second-order valence-electron chi connectivity index (χ2n) is 4.24.